The summed E-state index contributed by atoms with van der Waals surface area (Å²) in [4.78, 5) is 33.6. The molecule has 1 fully saturated rings. The summed E-state index contributed by atoms with van der Waals surface area (Å²) in [6.07, 6.45) is 4.28. The van der Waals surface area contributed by atoms with Gasteiger partial charge in [0.1, 0.15) is 18.6 Å². The van der Waals surface area contributed by atoms with Crippen molar-refractivity contribution in [3.8, 4) is 5.75 Å². The standard InChI is InChI=1S/C26H32N6O3S/c1-31(2)13-14-35-21-4-3-19(18-33)20(15-21)16-29-25-6-5-24(36-25)26(34)30-22-17-28-8-7-23(22)32-11-9-27-10-12-32/h3-8,15,17-18,27,29H,9-14,16H2,1-2H3,(H,30,34). The van der Waals surface area contributed by atoms with Crippen LogP contribution in [0.1, 0.15) is 25.6 Å². The van der Waals surface area contributed by atoms with E-state index in [-0.39, 0.29) is 5.91 Å². The van der Waals surface area contributed by atoms with Crippen LogP contribution in [0.3, 0.4) is 0 Å². The molecule has 190 valence electrons. The number of nitrogens with one attached hydrogen (secondary N) is 3. The van der Waals surface area contributed by atoms with Crippen molar-refractivity contribution >= 4 is 39.9 Å². The minimum atomic E-state index is -0.178. The molecule has 10 heteroatoms. The summed E-state index contributed by atoms with van der Waals surface area (Å²) in [5, 5.41) is 10.5. The van der Waals surface area contributed by atoms with E-state index in [2.05, 4.69) is 25.8 Å². The highest BCUT2D eigenvalue weighted by Gasteiger charge is 2.17. The van der Waals surface area contributed by atoms with Crippen molar-refractivity contribution in [2.24, 2.45) is 0 Å². The number of likely N-dealkylation sites (N-methyl/N-ethyl adjacent to an activating group) is 1. The van der Waals surface area contributed by atoms with E-state index in [1.54, 1.807) is 24.5 Å². The summed E-state index contributed by atoms with van der Waals surface area (Å²) in [5.74, 6) is 0.546. The molecule has 1 saturated heterocycles. The van der Waals surface area contributed by atoms with Gasteiger partial charge in [-0.3, -0.25) is 14.6 Å². The zero-order chi connectivity index (χ0) is 25.3. The number of amides is 1. The van der Waals surface area contributed by atoms with Crippen LogP contribution in [0.4, 0.5) is 16.4 Å². The second-order valence-corrected chi connectivity index (χ2v) is 9.82. The van der Waals surface area contributed by atoms with Crippen LogP contribution in [-0.4, -0.2) is 75.5 Å². The first-order valence-corrected chi connectivity index (χ1v) is 12.8. The molecule has 0 atom stereocenters. The van der Waals surface area contributed by atoms with Crippen molar-refractivity contribution in [1.82, 2.24) is 15.2 Å². The minimum Gasteiger partial charge on any atom is -0.492 e. The van der Waals surface area contributed by atoms with E-state index in [0.717, 1.165) is 61.0 Å². The molecule has 3 N–H and O–H groups in total. The monoisotopic (exact) mass is 508 g/mol. The Bertz CT molecular complexity index is 1180. The van der Waals surface area contributed by atoms with Crippen LogP contribution in [-0.2, 0) is 6.54 Å². The molecule has 2 aromatic heterocycles. The first-order chi connectivity index (χ1) is 17.5. The number of aldehydes is 1. The average molecular weight is 509 g/mol. The van der Waals surface area contributed by atoms with Gasteiger partial charge in [-0.1, -0.05) is 0 Å². The maximum atomic E-state index is 13.0. The lowest BCUT2D eigenvalue weighted by atomic mass is 10.1. The molecule has 0 radical (unpaired) electrons. The van der Waals surface area contributed by atoms with Gasteiger partial charge < -0.3 is 30.5 Å². The number of anilines is 3. The SMILES string of the molecule is CN(C)CCOc1ccc(C=O)c(CNc2ccc(C(=O)Nc3cnccc3N3CCNCC3)s2)c1. The Kier molecular flexibility index (Phi) is 8.88. The fraction of sp³-hybridized carbons (Fsp3) is 0.346. The van der Waals surface area contributed by atoms with E-state index < -0.39 is 0 Å². The van der Waals surface area contributed by atoms with Gasteiger partial charge in [0, 0.05) is 51.0 Å². The van der Waals surface area contributed by atoms with Gasteiger partial charge in [0.2, 0.25) is 0 Å². The lowest BCUT2D eigenvalue weighted by molar-refractivity contribution is 0.103. The largest absolute Gasteiger partial charge is 0.492 e. The number of hydrogen-bond acceptors (Lipinski definition) is 9. The summed E-state index contributed by atoms with van der Waals surface area (Å²) in [7, 11) is 3.98. The molecule has 9 nitrogen and oxygen atoms in total. The molecule has 1 aliphatic heterocycles. The van der Waals surface area contributed by atoms with Crippen LogP contribution in [0.25, 0.3) is 0 Å². The Morgan fingerprint density at radius 3 is 2.83 bits per heavy atom. The lowest BCUT2D eigenvalue weighted by Crippen LogP contribution is -2.43. The number of benzene rings is 1. The van der Waals surface area contributed by atoms with Gasteiger partial charge in [0.05, 0.1) is 27.4 Å². The molecular weight excluding hydrogens is 476 g/mol. The zero-order valence-electron chi connectivity index (χ0n) is 20.6. The number of carbonyl (C=O) groups excluding carboxylic acids is 2. The maximum Gasteiger partial charge on any atom is 0.265 e. The van der Waals surface area contributed by atoms with Gasteiger partial charge in [-0.15, -0.1) is 11.3 Å². The van der Waals surface area contributed by atoms with Crippen LogP contribution in [0, 0.1) is 0 Å². The summed E-state index contributed by atoms with van der Waals surface area (Å²) >= 11 is 1.36. The smallest absolute Gasteiger partial charge is 0.265 e. The number of aromatic nitrogens is 1. The second-order valence-electron chi connectivity index (χ2n) is 8.73. The van der Waals surface area contributed by atoms with Crippen LogP contribution >= 0.6 is 11.3 Å². The third kappa shape index (κ3) is 6.81. The van der Waals surface area contributed by atoms with E-state index in [1.807, 2.05) is 43.3 Å². The molecular formula is C26H32N6O3S. The zero-order valence-corrected chi connectivity index (χ0v) is 21.4. The van der Waals surface area contributed by atoms with Crippen molar-refractivity contribution in [3.63, 3.8) is 0 Å². The first kappa shape index (κ1) is 25.6. The Morgan fingerprint density at radius 1 is 1.22 bits per heavy atom. The minimum absolute atomic E-state index is 0.178. The number of pyridine rings is 1. The topological polar surface area (TPSA) is 98.8 Å². The summed E-state index contributed by atoms with van der Waals surface area (Å²) in [6.45, 7) is 5.39. The molecule has 4 rings (SSSR count). The molecule has 0 saturated carbocycles. The fourth-order valence-corrected chi connectivity index (χ4v) is 4.67. The van der Waals surface area contributed by atoms with E-state index in [1.165, 1.54) is 11.3 Å². The van der Waals surface area contributed by atoms with E-state index in [4.69, 9.17) is 4.74 Å². The van der Waals surface area contributed by atoms with E-state index >= 15 is 0 Å². The number of piperazine rings is 1. The highest BCUT2D eigenvalue weighted by atomic mass is 32.1. The average Bonchev–Trinajstić information content (AvgIpc) is 3.37. The van der Waals surface area contributed by atoms with Crippen LogP contribution in [0.2, 0.25) is 0 Å². The van der Waals surface area contributed by atoms with Gasteiger partial charge in [-0.2, -0.15) is 0 Å². The molecule has 0 spiro atoms. The maximum absolute atomic E-state index is 13.0. The number of carbonyl (C=O) groups is 2. The van der Waals surface area contributed by atoms with Crippen LogP contribution in [0.15, 0.2) is 48.8 Å². The number of nitrogens with zero attached hydrogens (tertiary/aromatic N) is 3. The molecule has 0 unspecified atom stereocenters. The predicted molar refractivity (Wildman–Crippen MR) is 145 cm³/mol. The van der Waals surface area contributed by atoms with Gasteiger partial charge in [0.15, 0.2) is 0 Å². The van der Waals surface area contributed by atoms with Crippen molar-refractivity contribution in [1.29, 1.82) is 0 Å². The third-order valence-corrected chi connectivity index (χ3v) is 6.88. The molecule has 3 aromatic rings. The van der Waals surface area contributed by atoms with Gasteiger partial charge >= 0.3 is 0 Å². The Labute approximate surface area is 215 Å². The van der Waals surface area contributed by atoms with Crippen molar-refractivity contribution in [3.05, 3.63) is 64.8 Å². The number of hydrogen-bond donors (Lipinski definition) is 3. The highest BCUT2D eigenvalue weighted by molar-refractivity contribution is 7.18. The number of thiophene rings is 1. The van der Waals surface area contributed by atoms with E-state index in [0.29, 0.717) is 29.3 Å². The quantitative estimate of drug-likeness (QED) is 0.340. The lowest BCUT2D eigenvalue weighted by Gasteiger charge is -2.30. The summed E-state index contributed by atoms with van der Waals surface area (Å²) < 4.78 is 5.81. The molecule has 36 heavy (non-hydrogen) atoms. The van der Waals surface area contributed by atoms with Crippen molar-refractivity contribution in [2.75, 3.05) is 69.0 Å². The molecule has 1 amide bonds. The summed E-state index contributed by atoms with van der Waals surface area (Å²) in [6, 6.07) is 11.1. The number of rotatable bonds is 11. The van der Waals surface area contributed by atoms with Gasteiger partial charge in [-0.25, -0.2) is 0 Å². The van der Waals surface area contributed by atoms with Gasteiger partial charge in [0.25, 0.3) is 5.91 Å². The van der Waals surface area contributed by atoms with Crippen LogP contribution in [0.5, 0.6) is 5.75 Å². The Hall–Kier alpha value is -3.47. The predicted octanol–water partition coefficient (Wildman–Crippen LogP) is 3.17. The Morgan fingerprint density at radius 2 is 2.06 bits per heavy atom. The molecule has 0 bridgehead atoms. The fourth-order valence-electron chi connectivity index (χ4n) is 3.87. The third-order valence-electron chi connectivity index (χ3n) is 5.84. The number of ether oxygens (including phenoxy) is 1. The molecule has 3 heterocycles. The van der Waals surface area contributed by atoms with Crippen molar-refractivity contribution in [2.45, 2.75) is 6.54 Å². The van der Waals surface area contributed by atoms with Crippen molar-refractivity contribution < 1.29 is 14.3 Å². The normalized spacial score (nSPS) is 13.5. The Balaban J connectivity index is 1.38. The molecule has 1 aliphatic rings. The van der Waals surface area contributed by atoms with E-state index in [9.17, 15) is 9.59 Å². The second kappa shape index (κ2) is 12.5. The van der Waals surface area contributed by atoms with Crippen LogP contribution < -0.4 is 25.6 Å². The first-order valence-electron chi connectivity index (χ1n) is 11.9. The highest BCUT2D eigenvalue weighted by Crippen LogP contribution is 2.28. The van der Waals surface area contributed by atoms with Gasteiger partial charge in [-0.05, 0) is 56.1 Å². The summed E-state index contributed by atoms with van der Waals surface area (Å²) in [5.41, 5.74) is 3.12. The molecule has 1 aromatic carbocycles. The molecule has 0 aliphatic carbocycles.